The molecule has 0 bridgehead atoms. The first-order chi connectivity index (χ1) is 9.06. The van der Waals surface area contributed by atoms with Gasteiger partial charge in [-0.2, -0.15) is 0 Å². The molecule has 2 rings (SSSR count). The molecule has 5 heteroatoms. The second kappa shape index (κ2) is 6.12. The number of aromatic carboxylic acids is 1. The summed E-state index contributed by atoms with van der Waals surface area (Å²) >= 11 is 5.06. The molecule has 1 aliphatic heterocycles. The molecule has 1 aromatic rings. The van der Waals surface area contributed by atoms with Gasteiger partial charge in [0.2, 0.25) is 0 Å². The van der Waals surface area contributed by atoms with Gasteiger partial charge in [-0.1, -0.05) is 24.4 Å². The van der Waals surface area contributed by atoms with Crippen LogP contribution < -0.4 is 5.73 Å². The van der Waals surface area contributed by atoms with E-state index in [-0.39, 0.29) is 0 Å². The third kappa shape index (κ3) is 3.75. The van der Waals surface area contributed by atoms with Crippen molar-refractivity contribution in [2.45, 2.75) is 19.4 Å². The Bertz CT molecular complexity index is 473. The van der Waals surface area contributed by atoms with Crippen molar-refractivity contribution in [3.05, 3.63) is 35.4 Å². The molecule has 0 spiro atoms. The van der Waals surface area contributed by atoms with Gasteiger partial charge in [-0.15, -0.1) is 0 Å². The summed E-state index contributed by atoms with van der Waals surface area (Å²) in [6.45, 7) is 2.76. The van der Waals surface area contributed by atoms with Gasteiger partial charge < -0.3 is 10.8 Å². The second-order valence-electron chi connectivity index (χ2n) is 4.98. The quantitative estimate of drug-likeness (QED) is 0.823. The minimum atomic E-state index is -0.891. The molecular formula is C14H18N2O2S. The predicted molar refractivity (Wildman–Crippen MR) is 78.2 cm³/mol. The molecule has 0 aliphatic carbocycles. The number of hydrogen-bond acceptors (Lipinski definition) is 3. The highest BCUT2D eigenvalue weighted by Crippen LogP contribution is 2.19. The van der Waals surface area contributed by atoms with Crippen molar-refractivity contribution in [1.82, 2.24) is 4.90 Å². The van der Waals surface area contributed by atoms with E-state index in [0.29, 0.717) is 16.5 Å². The summed E-state index contributed by atoms with van der Waals surface area (Å²) in [4.78, 5) is 13.7. The average molecular weight is 278 g/mol. The molecule has 1 saturated heterocycles. The van der Waals surface area contributed by atoms with Gasteiger partial charge in [0.1, 0.15) is 0 Å². The number of thiocarbonyl (C=S) groups is 1. The molecule has 0 amide bonds. The summed E-state index contributed by atoms with van der Waals surface area (Å²) in [5.74, 6) is -0.583. The lowest BCUT2D eigenvalue weighted by Gasteiger charge is -2.32. The number of nitrogens with two attached hydrogens (primary N) is 1. The maximum Gasteiger partial charge on any atom is 0.335 e. The fourth-order valence-electron chi connectivity index (χ4n) is 2.44. The van der Waals surface area contributed by atoms with E-state index in [4.69, 9.17) is 23.1 Å². The Labute approximate surface area is 118 Å². The lowest BCUT2D eigenvalue weighted by molar-refractivity contribution is 0.0697. The SMILES string of the molecule is NC(=S)C1CCCN(Cc2ccc(C(=O)O)cc2)C1. The number of rotatable bonds is 4. The molecule has 1 fully saturated rings. The van der Waals surface area contributed by atoms with Crippen LogP contribution in [0.5, 0.6) is 0 Å². The molecule has 3 N–H and O–H groups in total. The summed E-state index contributed by atoms with van der Waals surface area (Å²) in [5, 5.41) is 8.85. The molecule has 102 valence electrons. The fraction of sp³-hybridized carbons (Fsp3) is 0.429. The van der Waals surface area contributed by atoms with Crippen LogP contribution in [0.25, 0.3) is 0 Å². The summed E-state index contributed by atoms with van der Waals surface area (Å²) in [5.41, 5.74) is 7.16. The van der Waals surface area contributed by atoms with E-state index in [1.54, 1.807) is 12.1 Å². The number of likely N-dealkylation sites (tertiary alicyclic amines) is 1. The number of hydrogen-bond donors (Lipinski definition) is 2. The monoisotopic (exact) mass is 278 g/mol. The van der Waals surface area contributed by atoms with Crippen molar-refractivity contribution in [2.24, 2.45) is 11.7 Å². The van der Waals surface area contributed by atoms with Crippen LogP contribution in [0.3, 0.4) is 0 Å². The second-order valence-corrected chi connectivity index (χ2v) is 5.45. The van der Waals surface area contributed by atoms with E-state index < -0.39 is 5.97 Å². The van der Waals surface area contributed by atoms with Crippen molar-refractivity contribution in [3.8, 4) is 0 Å². The van der Waals surface area contributed by atoms with Crippen LogP contribution in [0, 0.1) is 5.92 Å². The molecular weight excluding hydrogens is 260 g/mol. The summed E-state index contributed by atoms with van der Waals surface area (Å²) < 4.78 is 0. The highest BCUT2D eigenvalue weighted by Gasteiger charge is 2.21. The van der Waals surface area contributed by atoms with Gasteiger partial charge in [-0.25, -0.2) is 4.79 Å². The minimum Gasteiger partial charge on any atom is -0.478 e. The Balaban J connectivity index is 1.96. The van der Waals surface area contributed by atoms with Crippen LogP contribution in [-0.2, 0) is 6.54 Å². The van der Waals surface area contributed by atoms with E-state index in [9.17, 15) is 4.79 Å². The fourth-order valence-corrected chi connectivity index (χ4v) is 2.63. The third-order valence-electron chi connectivity index (χ3n) is 3.51. The molecule has 0 aromatic heterocycles. The molecule has 0 radical (unpaired) electrons. The molecule has 1 aliphatic rings. The summed E-state index contributed by atoms with van der Waals surface area (Å²) in [7, 11) is 0. The average Bonchev–Trinajstić information content (AvgIpc) is 2.39. The molecule has 1 aromatic carbocycles. The maximum absolute atomic E-state index is 10.8. The van der Waals surface area contributed by atoms with E-state index in [0.717, 1.165) is 38.0 Å². The van der Waals surface area contributed by atoms with Gasteiger partial charge in [-0.3, -0.25) is 4.90 Å². The third-order valence-corrected chi connectivity index (χ3v) is 3.85. The van der Waals surface area contributed by atoms with Gasteiger partial charge in [-0.05, 0) is 37.1 Å². The van der Waals surface area contributed by atoms with Crippen LogP contribution in [0.1, 0.15) is 28.8 Å². The Morgan fingerprint density at radius 1 is 1.42 bits per heavy atom. The maximum atomic E-state index is 10.8. The first kappa shape index (κ1) is 14.0. The van der Waals surface area contributed by atoms with Crippen LogP contribution in [0.2, 0.25) is 0 Å². The predicted octanol–water partition coefficient (Wildman–Crippen LogP) is 1.88. The van der Waals surface area contributed by atoms with Crippen LogP contribution >= 0.6 is 12.2 Å². The van der Waals surface area contributed by atoms with E-state index >= 15 is 0 Å². The highest BCUT2D eigenvalue weighted by atomic mass is 32.1. The van der Waals surface area contributed by atoms with Crippen molar-refractivity contribution in [3.63, 3.8) is 0 Å². The highest BCUT2D eigenvalue weighted by molar-refractivity contribution is 7.80. The molecule has 1 atom stereocenters. The van der Waals surface area contributed by atoms with E-state index in [1.165, 1.54) is 0 Å². The van der Waals surface area contributed by atoms with Gasteiger partial charge in [0.05, 0.1) is 10.6 Å². The van der Waals surface area contributed by atoms with E-state index in [2.05, 4.69) is 4.90 Å². The zero-order valence-corrected chi connectivity index (χ0v) is 11.5. The molecule has 0 saturated carbocycles. The number of carboxylic acid groups (broad SMARTS) is 1. The zero-order chi connectivity index (χ0) is 13.8. The topological polar surface area (TPSA) is 66.6 Å². The van der Waals surface area contributed by atoms with Gasteiger partial charge in [0.25, 0.3) is 0 Å². The van der Waals surface area contributed by atoms with Gasteiger partial charge in [0, 0.05) is 19.0 Å². The Morgan fingerprint density at radius 3 is 2.68 bits per heavy atom. The molecule has 1 unspecified atom stereocenters. The van der Waals surface area contributed by atoms with Crippen LogP contribution in [0.15, 0.2) is 24.3 Å². The largest absolute Gasteiger partial charge is 0.478 e. The number of carbonyl (C=O) groups is 1. The standard InChI is InChI=1S/C14H18N2O2S/c15-13(19)12-2-1-7-16(9-12)8-10-3-5-11(6-4-10)14(17)18/h3-6,12H,1-2,7-9H2,(H2,15,19)(H,17,18). The van der Waals surface area contributed by atoms with Crippen LogP contribution in [-0.4, -0.2) is 34.1 Å². The smallest absolute Gasteiger partial charge is 0.335 e. The molecule has 4 nitrogen and oxygen atoms in total. The zero-order valence-electron chi connectivity index (χ0n) is 10.7. The van der Waals surface area contributed by atoms with Crippen LogP contribution in [0.4, 0.5) is 0 Å². The Kier molecular flexibility index (Phi) is 4.50. The Morgan fingerprint density at radius 2 is 2.11 bits per heavy atom. The molecule has 1 heterocycles. The van der Waals surface area contributed by atoms with E-state index in [1.807, 2.05) is 12.1 Å². The van der Waals surface area contributed by atoms with Crippen molar-refractivity contribution >= 4 is 23.2 Å². The minimum absolute atomic E-state index is 0.307. The van der Waals surface area contributed by atoms with Crippen molar-refractivity contribution in [2.75, 3.05) is 13.1 Å². The lowest BCUT2D eigenvalue weighted by atomic mass is 9.97. The van der Waals surface area contributed by atoms with Crippen molar-refractivity contribution in [1.29, 1.82) is 0 Å². The Hall–Kier alpha value is -1.46. The number of piperidine rings is 1. The van der Waals surface area contributed by atoms with Crippen molar-refractivity contribution < 1.29 is 9.90 Å². The van der Waals surface area contributed by atoms with Gasteiger partial charge >= 0.3 is 5.97 Å². The number of nitrogens with zero attached hydrogens (tertiary/aromatic N) is 1. The normalized spacial score (nSPS) is 20.1. The lowest BCUT2D eigenvalue weighted by Crippen LogP contribution is -2.39. The molecule has 19 heavy (non-hydrogen) atoms. The number of benzene rings is 1. The number of carboxylic acids is 1. The summed E-state index contributed by atoms with van der Waals surface area (Å²) in [6.07, 6.45) is 2.18. The summed E-state index contributed by atoms with van der Waals surface area (Å²) in [6, 6.07) is 7.03. The first-order valence-electron chi connectivity index (χ1n) is 6.40. The van der Waals surface area contributed by atoms with Gasteiger partial charge in [0.15, 0.2) is 0 Å². The first-order valence-corrected chi connectivity index (χ1v) is 6.81.